The van der Waals surface area contributed by atoms with E-state index in [4.69, 9.17) is 10.4 Å². The number of aromatic nitrogens is 1. The molecular weight excluding hydrogens is 220 g/mol. The van der Waals surface area contributed by atoms with Crippen LogP contribution in [0.1, 0.15) is 21.7 Å². The van der Waals surface area contributed by atoms with Crippen LogP contribution >= 0.6 is 0 Å². The summed E-state index contributed by atoms with van der Waals surface area (Å²) in [5.74, 6) is -1.49. The monoisotopic (exact) mass is 223 g/mol. The van der Waals surface area contributed by atoms with Gasteiger partial charge in [-0.1, -0.05) is 0 Å². The molecule has 1 N–H and O–H groups in total. The van der Waals surface area contributed by atoms with Crippen molar-refractivity contribution < 1.29 is 23.1 Å². The Hall–Kier alpha value is -1.50. The minimum Gasteiger partial charge on any atom is -0.478 e. The van der Waals surface area contributed by atoms with Crippen LogP contribution in [0.25, 0.3) is 0 Å². The fourth-order valence-corrected chi connectivity index (χ4v) is 0.875. The largest absolute Gasteiger partial charge is 0.478 e. The van der Waals surface area contributed by atoms with Crippen LogP contribution < -0.4 is 0 Å². The van der Waals surface area contributed by atoms with Gasteiger partial charge >= 0.3 is 12.1 Å². The Bertz CT molecular complexity index is 454. The third-order valence-electron chi connectivity index (χ3n) is 1.52. The molecule has 4 nitrogen and oxygen atoms in total. The summed E-state index contributed by atoms with van der Waals surface area (Å²) in [5, 5.41) is 16.9. The molecule has 1 aromatic heterocycles. The van der Waals surface area contributed by atoms with Gasteiger partial charge in [0.15, 0.2) is 5.69 Å². The van der Waals surface area contributed by atoms with E-state index in [1.54, 1.807) is 0 Å². The molecule has 0 fully saturated rings. The Kier molecular flexibility index (Phi) is 4.55. The molecule has 0 aliphatic heterocycles. The first kappa shape index (κ1) is 14.5. The molecule has 16 heavy (non-hydrogen) atoms. The number of alkyl halides is 3. The number of halogens is 3. The zero-order valence-electron chi connectivity index (χ0n) is 8.04. The predicted octanol–water partition coefficient (Wildman–Crippen LogP) is 1.29. The predicted molar refractivity (Wildman–Crippen MR) is 46.7 cm³/mol. The molecule has 0 aromatic carbocycles. The third kappa shape index (κ3) is 2.99. The maximum Gasteiger partial charge on any atom is 0.433 e. The van der Waals surface area contributed by atoms with E-state index in [9.17, 15) is 18.0 Å². The fraction of sp³-hybridized carbons (Fsp3) is 0.125. The van der Waals surface area contributed by atoms with Crippen molar-refractivity contribution in [2.24, 2.45) is 0 Å². The molecule has 1 aromatic rings. The summed E-state index contributed by atoms with van der Waals surface area (Å²) >= 11 is 0. The van der Waals surface area contributed by atoms with Crippen molar-refractivity contribution >= 4 is 24.8 Å². The zero-order valence-corrected chi connectivity index (χ0v) is 8.04. The normalized spacial score (nSPS) is 10.1. The number of aromatic carboxylic acids is 1. The number of nitrogens with zero attached hydrogens (tertiary/aromatic N) is 2. The number of hydrogen-bond acceptors (Lipinski definition) is 3. The number of rotatable bonds is 1. The van der Waals surface area contributed by atoms with E-state index >= 15 is 0 Å². The van der Waals surface area contributed by atoms with Crippen molar-refractivity contribution in [3.8, 4) is 6.07 Å². The van der Waals surface area contributed by atoms with Crippen LogP contribution in [0.4, 0.5) is 13.2 Å². The molecule has 0 saturated heterocycles. The smallest absolute Gasteiger partial charge is 0.433 e. The van der Waals surface area contributed by atoms with Gasteiger partial charge in [0.25, 0.3) is 0 Å². The Morgan fingerprint density at radius 2 is 2.00 bits per heavy atom. The van der Waals surface area contributed by atoms with Crippen LogP contribution in [0.15, 0.2) is 12.1 Å². The van der Waals surface area contributed by atoms with Gasteiger partial charge in [-0.15, -0.1) is 0 Å². The zero-order chi connectivity index (χ0) is 11.6. The second-order valence-corrected chi connectivity index (χ2v) is 2.51. The van der Waals surface area contributed by atoms with Gasteiger partial charge in [0.2, 0.25) is 0 Å². The Morgan fingerprint density at radius 3 is 2.38 bits per heavy atom. The van der Waals surface area contributed by atoms with E-state index in [0.717, 1.165) is 0 Å². The summed E-state index contributed by atoms with van der Waals surface area (Å²) < 4.78 is 36.4. The average Bonchev–Trinajstić information content (AvgIpc) is 2.15. The molecule has 0 spiro atoms. The summed E-state index contributed by atoms with van der Waals surface area (Å²) in [5.41, 5.74) is -2.59. The van der Waals surface area contributed by atoms with E-state index in [1.165, 1.54) is 6.07 Å². The van der Waals surface area contributed by atoms with Gasteiger partial charge in [0.1, 0.15) is 11.8 Å². The van der Waals surface area contributed by atoms with Gasteiger partial charge in [0, 0.05) is 18.9 Å². The van der Waals surface area contributed by atoms with Crippen molar-refractivity contribution in [3.05, 3.63) is 29.1 Å². The van der Waals surface area contributed by atoms with Crippen molar-refractivity contribution in [2.75, 3.05) is 0 Å². The SMILES string of the molecule is N#Cc1nc(C(F)(F)F)ccc1C(=O)O.[Li]. The molecule has 1 heterocycles. The van der Waals surface area contributed by atoms with Crippen LogP contribution in [-0.4, -0.2) is 34.9 Å². The van der Waals surface area contributed by atoms with E-state index in [2.05, 4.69) is 4.98 Å². The van der Waals surface area contributed by atoms with Crippen molar-refractivity contribution in [1.29, 1.82) is 5.26 Å². The molecule has 0 bridgehead atoms. The summed E-state index contributed by atoms with van der Waals surface area (Å²) in [7, 11) is 0. The summed E-state index contributed by atoms with van der Waals surface area (Å²) in [6.07, 6.45) is -4.69. The van der Waals surface area contributed by atoms with E-state index in [0.29, 0.717) is 12.1 Å². The van der Waals surface area contributed by atoms with Gasteiger partial charge in [0.05, 0.1) is 5.56 Å². The Morgan fingerprint density at radius 1 is 1.44 bits per heavy atom. The molecule has 8 heteroatoms. The van der Waals surface area contributed by atoms with E-state index < -0.39 is 29.1 Å². The average molecular weight is 223 g/mol. The molecule has 0 saturated carbocycles. The first-order valence-corrected chi connectivity index (χ1v) is 3.58. The number of carboxylic acids is 1. The summed E-state index contributed by atoms with van der Waals surface area (Å²) in [6, 6.07) is 2.52. The maximum absolute atomic E-state index is 12.1. The van der Waals surface area contributed by atoms with Crippen molar-refractivity contribution in [3.63, 3.8) is 0 Å². The van der Waals surface area contributed by atoms with Gasteiger partial charge in [-0.25, -0.2) is 9.78 Å². The maximum atomic E-state index is 12.1. The van der Waals surface area contributed by atoms with E-state index in [-0.39, 0.29) is 18.9 Å². The molecule has 1 radical (unpaired) electrons. The van der Waals surface area contributed by atoms with Crippen LogP contribution in [0, 0.1) is 11.3 Å². The minimum absolute atomic E-state index is 0. The molecule has 1 rings (SSSR count). The van der Waals surface area contributed by atoms with Crippen molar-refractivity contribution in [2.45, 2.75) is 6.18 Å². The Balaban J connectivity index is 0.00000225. The summed E-state index contributed by atoms with van der Waals surface area (Å²) in [4.78, 5) is 13.4. The van der Waals surface area contributed by atoms with Crippen LogP contribution in [0.5, 0.6) is 0 Å². The van der Waals surface area contributed by atoms with Crippen LogP contribution in [-0.2, 0) is 6.18 Å². The molecule has 0 aliphatic carbocycles. The third-order valence-corrected chi connectivity index (χ3v) is 1.52. The first-order chi connectivity index (χ1) is 6.86. The summed E-state index contributed by atoms with van der Waals surface area (Å²) in [6.45, 7) is 0. The molecule has 79 valence electrons. The number of pyridine rings is 1. The first-order valence-electron chi connectivity index (χ1n) is 3.58. The quantitative estimate of drug-likeness (QED) is 0.728. The topological polar surface area (TPSA) is 74.0 Å². The number of carbonyl (C=O) groups is 1. The fourth-order valence-electron chi connectivity index (χ4n) is 0.875. The second-order valence-electron chi connectivity index (χ2n) is 2.51. The molecule has 0 atom stereocenters. The molecule has 0 unspecified atom stereocenters. The van der Waals surface area contributed by atoms with Gasteiger partial charge < -0.3 is 5.11 Å². The molecule has 0 aliphatic rings. The Labute approximate surface area is 99.9 Å². The number of hydrogen-bond donors (Lipinski definition) is 1. The number of nitriles is 1. The van der Waals surface area contributed by atoms with Crippen LogP contribution in [0.3, 0.4) is 0 Å². The van der Waals surface area contributed by atoms with Gasteiger partial charge in [-0.05, 0) is 12.1 Å². The van der Waals surface area contributed by atoms with Crippen LogP contribution in [0.2, 0.25) is 0 Å². The second kappa shape index (κ2) is 5.02. The minimum atomic E-state index is -4.69. The standard InChI is InChI=1S/C8H3F3N2O2.Li/c9-8(10,11)6-2-1-4(7(14)15)5(3-12)13-6;/h1-2H,(H,14,15);. The van der Waals surface area contributed by atoms with E-state index in [1.807, 2.05) is 0 Å². The molecule has 0 amide bonds. The molecular formula is C8H3F3LiN2O2. The van der Waals surface area contributed by atoms with Gasteiger partial charge in [-0.3, -0.25) is 0 Å². The number of carboxylic acid groups (broad SMARTS) is 1. The van der Waals surface area contributed by atoms with Crippen molar-refractivity contribution in [1.82, 2.24) is 4.98 Å². The van der Waals surface area contributed by atoms with Gasteiger partial charge in [-0.2, -0.15) is 18.4 Å².